The summed E-state index contributed by atoms with van der Waals surface area (Å²) in [6.07, 6.45) is 0.381. The number of nitrogens with zero attached hydrogens (tertiary/aromatic N) is 1. The lowest BCUT2D eigenvalue weighted by Gasteiger charge is -2.36. The number of methoxy groups -OCH3 is 3. The Bertz CT molecular complexity index is 783. The third-order valence-corrected chi connectivity index (χ3v) is 5.24. The lowest BCUT2D eigenvalue weighted by Crippen LogP contribution is -2.46. The molecule has 0 spiro atoms. The summed E-state index contributed by atoms with van der Waals surface area (Å²) in [7, 11) is 4.64. The zero-order valence-corrected chi connectivity index (χ0v) is 16.6. The molecule has 0 saturated carbocycles. The topological polar surface area (TPSA) is 68.2 Å². The standard InChI is InChI=1S/C22H27NO5/c1-26-19-11-15(12-20(27-2)22(19)28-3)13-21(25)23-10-9-17(18(24)14-23)16-7-5-4-6-8-16/h4-8,11-12,17-18,24H,9-10,13-14H2,1-3H3/t17-,18+/m0/s1. The lowest BCUT2D eigenvalue weighted by atomic mass is 9.87. The van der Waals surface area contributed by atoms with Gasteiger partial charge in [0.2, 0.25) is 11.7 Å². The van der Waals surface area contributed by atoms with Crippen LogP contribution >= 0.6 is 0 Å². The molecule has 2 aromatic carbocycles. The summed E-state index contributed by atoms with van der Waals surface area (Å²) < 4.78 is 16.0. The van der Waals surface area contributed by atoms with Crippen LogP contribution in [0.3, 0.4) is 0 Å². The summed E-state index contributed by atoms with van der Waals surface area (Å²) in [6.45, 7) is 0.961. The minimum absolute atomic E-state index is 0.0279. The molecule has 1 N–H and O–H groups in total. The predicted octanol–water partition coefficient (Wildman–Crippen LogP) is 2.63. The summed E-state index contributed by atoms with van der Waals surface area (Å²) in [6, 6.07) is 13.5. The molecular weight excluding hydrogens is 358 g/mol. The lowest BCUT2D eigenvalue weighted by molar-refractivity contribution is -0.134. The van der Waals surface area contributed by atoms with Gasteiger partial charge in [0.05, 0.1) is 33.9 Å². The third kappa shape index (κ3) is 4.22. The molecule has 1 fully saturated rings. The highest BCUT2D eigenvalue weighted by molar-refractivity contribution is 5.79. The minimum atomic E-state index is -0.569. The Morgan fingerprint density at radius 3 is 2.25 bits per heavy atom. The van der Waals surface area contributed by atoms with Crippen LogP contribution in [0.25, 0.3) is 0 Å². The van der Waals surface area contributed by atoms with Crippen molar-refractivity contribution in [3.63, 3.8) is 0 Å². The summed E-state index contributed by atoms with van der Waals surface area (Å²) >= 11 is 0. The monoisotopic (exact) mass is 385 g/mol. The quantitative estimate of drug-likeness (QED) is 0.828. The Kier molecular flexibility index (Phi) is 6.41. The largest absolute Gasteiger partial charge is 0.493 e. The molecule has 0 aromatic heterocycles. The molecule has 0 bridgehead atoms. The molecule has 2 atom stereocenters. The molecule has 0 radical (unpaired) electrons. The number of aliphatic hydroxyl groups is 1. The van der Waals surface area contributed by atoms with E-state index in [1.54, 1.807) is 38.4 Å². The first-order valence-corrected chi connectivity index (χ1v) is 9.37. The maximum absolute atomic E-state index is 12.8. The third-order valence-electron chi connectivity index (χ3n) is 5.24. The molecule has 1 aliphatic heterocycles. The van der Waals surface area contributed by atoms with Crippen LogP contribution in [-0.2, 0) is 11.2 Å². The van der Waals surface area contributed by atoms with Crippen molar-refractivity contribution in [2.45, 2.75) is 24.9 Å². The van der Waals surface area contributed by atoms with Crippen LogP contribution in [0.15, 0.2) is 42.5 Å². The zero-order valence-electron chi connectivity index (χ0n) is 16.6. The number of carbonyl (C=O) groups excluding carboxylic acids is 1. The van der Waals surface area contributed by atoms with E-state index in [2.05, 4.69) is 0 Å². The number of β-amino-alcohol motifs (C(OH)–C–C–N with tert-alkyl or cyclic N) is 1. The van der Waals surface area contributed by atoms with E-state index in [4.69, 9.17) is 14.2 Å². The van der Waals surface area contributed by atoms with Gasteiger partial charge in [0.25, 0.3) is 0 Å². The molecule has 0 unspecified atom stereocenters. The SMILES string of the molecule is COc1cc(CC(=O)N2CC[C@@H](c3ccccc3)[C@H](O)C2)cc(OC)c1OC. The van der Waals surface area contributed by atoms with Crippen molar-refractivity contribution < 1.29 is 24.1 Å². The Balaban J connectivity index is 1.69. The van der Waals surface area contributed by atoms with E-state index < -0.39 is 6.10 Å². The molecule has 1 amide bonds. The second-order valence-corrected chi connectivity index (χ2v) is 6.92. The van der Waals surface area contributed by atoms with Gasteiger partial charge in [0.1, 0.15) is 0 Å². The molecule has 0 aliphatic carbocycles. The van der Waals surface area contributed by atoms with Crippen LogP contribution in [0.1, 0.15) is 23.5 Å². The number of hydrogen-bond donors (Lipinski definition) is 1. The van der Waals surface area contributed by atoms with Gasteiger partial charge in [0.15, 0.2) is 11.5 Å². The van der Waals surface area contributed by atoms with Crippen LogP contribution in [-0.4, -0.2) is 56.4 Å². The number of ether oxygens (including phenoxy) is 3. The second-order valence-electron chi connectivity index (χ2n) is 6.92. The molecule has 3 rings (SSSR count). The summed E-state index contributed by atoms with van der Waals surface area (Å²) in [5, 5.41) is 10.6. The number of rotatable bonds is 6. The number of amides is 1. The fraction of sp³-hybridized carbons (Fsp3) is 0.409. The van der Waals surface area contributed by atoms with Crippen molar-refractivity contribution in [3.8, 4) is 17.2 Å². The van der Waals surface area contributed by atoms with Crippen LogP contribution < -0.4 is 14.2 Å². The smallest absolute Gasteiger partial charge is 0.227 e. The highest BCUT2D eigenvalue weighted by atomic mass is 16.5. The van der Waals surface area contributed by atoms with E-state index >= 15 is 0 Å². The van der Waals surface area contributed by atoms with E-state index in [-0.39, 0.29) is 18.2 Å². The first-order chi connectivity index (χ1) is 13.6. The zero-order chi connectivity index (χ0) is 20.1. The number of piperidine rings is 1. The fourth-order valence-electron chi connectivity index (χ4n) is 3.77. The van der Waals surface area contributed by atoms with Gasteiger partial charge in [-0.25, -0.2) is 0 Å². The normalized spacial score (nSPS) is 19.2. The number of likely N-dealkylation sites (tertiary alicyclic amines) is 1. The number of aliphatic hydroxyl groups excluding tert-OH is 1. The molecule has 1 aliphatic rings. The number of hydrogen-bond acceptors (Lipinski definition) is 5. The highest BCUT2D eigenvalue weighted by Crippen LogP contribution is 2.38. The molecule has 1 heterocycles. The molecule has 6 nitrogen and oxygen atoms in total. The Morgan fingerprint density at radius 2 is 1.71 bits per heavy atom. The summed E-state index contributed by atoms with van der Waals surface area (Å²) in [5.74, 6) is 1.58. The highest BCUT2D eigenvalue weighted by Gasteiger charge is 2.31. The van der Waals surface area contributed by atoms with Crippen molar-refractivity contribution in [2.75, 3.05) is 34.4 Å². The van der Waals surface area contributed by atoms with Gasteiger partial charge in [-0.1, -0.05) is 30.3 Å². The van der Waals surface area contributed by atoms with Gasteiger partial charge < -0.3 is 24.2 Å². The van der Waals surface area contributed by atoms with E-state index in [1.807, 2.05) is 30.3 Å². The van der Waals surface area contributed by atoms with Crippen LogP contribution in [0.2, 0.25) is 0 Å². The van der Waals surface area contributed by atoms with Gasteiger partial charge in [0, 0.05) is 19.0 Å². The first kappa shape index (κ1) is 20.0. The molecular formula is C22H27NO5. The van der Waals surface area contributed by atoms with Gasteiger partial charge in [-0.3, -0.25) is 4.79 Å². The van der Waals surface area contributed by atoms with Gasteiger partial charge in [-0.05, 0) is 29.7 Å². The first-order valence-electron chi connectivity index (χ1n) is 9.37. The summed E-state index contributed by atoms with van der Waals surface area (Å²) in [4.78, 5) is 14.5. The van der Waals surface area contributed by atoms with Crippen molar-refractivity contribution in [3.05, 3.63) is 53.6 Å². The Labute approximate surface area is 165 Å². The van der Waals surface area contributed by atoms with Crippen molar-refractivity contribution in [2.24, 2.45) is 0 Å². The molecule has 1 saturated heterocycles. The molecule has 2 aromatic rings. The second kappa shape index (κ2) is 8.97. The van der Waals surface area contributed by atoms with Crippen molar-refractivity contribution >= 4 is 5.91 Å². The van der Waals surface area contributed by atoms with Crippen LogP contribution in [0, 0.1) is 0 Å². The number of benzene rings is 2. The Morgan fingerprint density at radius 1 is 1.07 bits per heavy atom. The molecule has 6 heteroatoms. The van der Waals surface area contributed by atoms with Gasteiger partial charge in [-0.2, -0.15) is 0 Å². The minimum Gasteiger partial charge on any atom is -0.493 e. The maximum atomic E-state index is 12.8. The maximum Gasteiger partial charge on any atom is 0.227 e. The molecule has 150 valence electrons. The summed E-state index contributed by atoms with van der Waals surface area (Å²) in [5.41, 5.74) is 1.89. The number of carbonyl (C=O) groups is 1. The fourth-order valence-corrected chi connectivity index (χ4v) is 3.77. The van der Waals surface area contributed by atoms with Crippen molar-refractivity contribution in [1.82, 2.24) is 4.90 Å². The van der Waals surface area contributed by atoms with Gasteiger partial charge in [-0.15, -0.1) is 0 Å². The van der Waals surface area contributed by atoms with E-state index in [1.165, 1.54) is 0 Å². The predicted molar refractivity (Wildman–Crippen MR) is 106 cm³/mol. The van der Waals surface area contributed by atoms with Crippen LogP contribution in [0.4, 0.5) is 0 Å². The van der Waals surface area contributed by atoms with Crippen molar-refractivity contribution in [1.29, 1.82) is 0 Å². The average Bonchev–Trinajstić information content (AvgIpc) is 2.73. The molecule has 28 heavy (non-hydrogen) atoms. The van der Waals surface area contributed by atoms with Crippen LogP contribution in [0.5, 0.6) is 17.2 Å². The average molecular weight is 385 g/mol. The Hall–Kier alpha value is -2.73. The van der Waals surface area contributed by atoms with E-state index in [0.717, 1.165) is 17.5 Å². The van der Waals surface area contributed by atoms with Gasteiger partial charge >= 0.3 is 0 Å². The van der Waals surface area contributed by atoms with E-state index in [0.29, 0.717) is 30.3 Å². The van der Waals surface area contributed by atoms with E-state index in [9.17, 15) is 9.90 Å².